The van der Waals surface area contributed by atoms with Crippen LogP contribution in [0.4, 0.5) is 5.69 Å². The van der Waals surface area contributed by atoms with Crippen molar-refractivity contribution < 1.29 is 9.53 Å². The smallest absolute Gasteiger partial charge is 0.250 e. The van der Waals surface area contributed by atoms with Gasteiger partial charge in [-0.05, 0) is 19.1 Å². The number of carbonyl (C=O) groups excluding carboxylic acids is 1. The van der Waals surface area contributed by atoms with E-state index in [1.807, 2.05) is 23.8 Å². The number of rotatable bonds is 6. The predicted molar refractivity (Wildman–Crippen MR) is 74.6 cm³/mol. The zero-order valence-electron chi connectivity index (χ0n) is 11.2. The summed E-state index contributed by atoms with van der Waals surface area (Å²) in [6, 6.07) is 3.59. The molecule has 0 spiro atoms. The van der Waals surface area contributed by atoms with Crippen LogP contribution >= 0.6 is 0 Å². The van der Waals surface area contributed by atoms with Crippen LogP contribution in [0, 0.1) is 6.92 Å². The van der Waals surface area contributed by atoms with E-state index in [0.29, 0.717) is 18.8 Å². The third-order valence-electron chi connectivity index (χ3n) is 2.60. The highest BCUT2D eigenvalue weighted by molar-refractivity contribution is 5.91. The normalized spacial score (nSPS) is 10.5. The maximum atomic E-state index is 11.5. The molecule has 20 heavy (non-hydrogen) atoms. The predicted octanol–water partition coefficient (Wildman–Crippen LogP) is 0.490. The molecule has 2 aromatic heterocycles. The Kier molecular flexibility index (Phi) is 4.80. The maximum absolute atomic E-state index is 11.5. The zero-order valence-corrected chi connectivity index (χ0v) is 11.2. The molecular weight excluding hydrogens is 258 g/mol. The summed E-state index contributed by atoms with van der Waals surface area (Å²) < 4.78 is 6.90. The molecule has 7 heteroatoms. The number of ether oxygens (including phenoxy) is 1. The second kappa shape index (κ2) is 6.78. The van der Waals surface area contributed by atoms with Crippen molar-refractivity contribution in [2.24, 2.45) is 5.73 Å². The van der Waals surface area contributed by atoms with E-state index in [1.165, 1.54) is 0 Å². The number of pyridine rings is 1. The van der Waals surface area contributed by atoms with Crippen molar-refractivity contribution in [1.82, 2.24) is 14.5 Å². The molecular formula is C13H17N5O2. The van der Waals surface area contributed by atoms with Crippen LogP contribution in [0.25, 0.3) is 5.82 Å². The average molecular weight is 275 g/mol. The van der Waals surface area contributed by atoms with E-state index in [1.54, 1.807) is 18.5 Å². The minimum Gasteiger partial charge on any atom is -0.370 e. The highest BCUT2D eigenvalue weighted by Gasteiger charge is 2.04. The lowest BCUT2D eigenvalue weighted by atomic mass is 10.4. The largest absolute Gasteiger partial charge is 0.370 e. The molecule has 0 saturated heterocycles. The number of aromatic nitrogens is 3. The van der Waals surface area contributed by atoms with Gasteiger partial charge in [0.05, 0.1) is 18.5 Å². The van der Waals surface area contributed by atoms with Crippen LogP contribution in [0.5, 0.6) is 0 Å². The summed E-state index contributed by atoms with van der Waals surface area (Å²) in [5.74, 6) is 1.37. The number of hydrogen-bond acceptors (Lipinski definition) is 5. The molecule has 0 bridgehead atoms. The van der Waals surface area contributed by atoms with Gasteiger partial charge in [-0.3, -0.25) is 9.36 Å². The fourth-order valence-electron chi connectivity index (χ4n) is 1.67. The molecule has 2 aromatic rings. The Balaban J connectivity index is 1.95. The number of nitrogens with two attached hydrogens (primary N) is 1. The van der Waals surface area contributed by atoms with Crippen molar-refractivity contribution in [1.29, 1.82) is 0 Å². The first kappa shape index (κ1) is 14.2. The molecule has 7 nitrogen and oxygen atoms in total. The minimum atomic E-state index is -0.230. The van der Waals surface area contributed by atoms with Gasteiger partial charge >= 0.3 is 0 Å². The summed E-state index contributed by atoms with van der Waals surface area (Å²) in [4.78, 5) is 19.9. The van der Waals surface area contributed by atoms with Crippen molar-refractivity contribution in [3.63, 3.8) is 0 Å². The summed E-state index contributed by atoms with van der Waals surface area (Å²) >= 11 is 0. The lowest BCUT2D eigenvalue weighted by Gasteiger charge is -2.07. The molecule has 0 aliphatic rings. The minimum absolute atomic E-state index is 0.0143. The second-order valence-electron chi connectivity index (χ2n) is 4.14. The van der Waals surface area contributed by atoms with Crippen LogP contribution in [0.15, 0.2) is 30.7 Å². The van der Waals surface area contributed by atoms with Crippen LogP contribution in [-0.4, -0.2) is 40.2 Å². The Hall–Kier alpha value is -2.25. The standard InChI is InChI=1S/C13H17N5O2/c1-10-15-5-6-18(10)12-3-2-11(8-16-12)17-13(19)9-20-7-4-14/h2-3,5-6,8H,4,7,9,14H2,1H3,(H,17,19). The molecule has 3 N–H and O–H groups in total. The summed E-state index contributed by atoms with van der Waals surface area (Å²) in [6.45, 7) is 2.64. The van der Waals surface area contributed by atoms with Crippen LogP contribution in [0.1, 0.15) is 5.82 Å². The molecule has 0 fully saturated rings. The van der Waals surface area contributed by atoms with Gasteiger partial charge in [-0.2, -0.15) is 0 Å². The number of hydrogen-bond donors (Lipinski definition) is 2. The molecule has 0 aliphatic carbocycles. The van der Waals surface area contributed by atoms with Gasteiger partial charge < -0.3 is 15.8 Å². The molecule has 0 aliphatic heterocycles. The maximum Gasteiger partial charge on any atom is 0.250 e. The van der Waals surface area contributed by atoms with Gasteiger partial charge in [0.25, 0.3) is 0 Å². The summed E-state index contributed by atoms with van der Waals surface area (Å²) in [5, 5.41) is 2.70. The lowest BCUT2D eigenvalue weighted by Crippen LogP contribution is -2.20. The molecule has 1 amide bonds. The Bertz CT molecular complexity index is 564. The zero-order chi connectivity index (χ0) is 14.4. The van der Waals surface area contributed by atoms with Crippen LogP contribution in [0.3, 0.4) is 0 Å². The second-order valence-corrected chi connectivity index (χ2v) is 4.14. The SMILES string of the molecule is Cc1nccn1-c1ccc(NC(=O)COCCN)cn1. The van der Waals surface area contributed by atoms with Crippen molar-refractivity contribution in [2.45, 2.75) is 6.92 Å². The first-order valence-electron chi connectivity index (χ1n) is 6.24. The van der Waals surface area contributed by atoms with Crippen molar-refractivity contribution in [3.8, 4) is 5.82 Å². The van der Waals surface area contributed by atoms with Crippen LogP contribution in [-0.2, 0) is 9.53 Å². The number of nitrogens with one attached hydrogen (secondary N) is 1. The molecule has 0 unspecified atom stereocenters. The van der Waals surface area contributed by atoms with Gasteiger partial charge in [0.2, 0.25) is 5.91 Å². The first-order chi connectivity index (χ1) is 9.70. The number of aryl methyl sites for hydroxylation is 1. The molecule has 2 heterocycles. The van der Waals surface area contributed by atoms with Gasteiger partial charge in [-0.25, -0.2) is 9.97 Å². The van der Waals surface area contributed by atoms with Crippen molar-refractivity contribution in [2.75, 3.05) is 25.1 Å². The third-order valence-corrected chi connectivity index (χ3v) is 2.60. The van der Waals surface area contributed by atoms with Gasteiger partial charge in [-0.15, -0.1) is 0 Å². The lowest BCUT2D eigenvalue weighted by molar-refractivity contribution is -0.120. The molecule has 0 aromatic carbocycles. The highest BCUT2D eigenvalue weighted by Crippen LogP contribution is 2.11. The molecule has 106 valence electrons. The van der Waals surface area contributed by atoms with Crippen LogP contribution < -0.4 is 11.1 Å². The molecule has 0 radical (unpaired) electrons. The van der Waals surface area contributed by atoms with Crippen LogP contribution in [0.2, 0.25) is 0 Å². The number of anilines is 1. The summed E-state index contributed by atoms with van der Waals surface area (Å²) in [5.41, 5.74) is 5.89. The number of imidazole rings is 1. The topological polar surface area (TPSA) is 95.1 Å². The Morgan fingerprint density at radius 3 is 2.90 bits per heavy atom. The average Bonchev–Trinajstić information content (AvgIpc) is 2.86. The van der Waals surface area contributed by atoms with E-state index in [0.717, 1.165) is 11.6 Å². The Morgan fingerprint density at radius 2 is 2.30 bits per heavy atom. The van der Waals surface area contributed by atoms with E-state index in [2.05, 4.69) is 15.3 Å². The Morgan fingerprint density at radius 1 is 1.45 bits per heavy atom. The molecule has 0 atom stereocenters. The number of carbonyl (C=O) groups is 1. The Labute approximate surface area is 116 Å². The first-order valence-corrected chi connectivity index (χ1v) is 6.24. The van der Waals surface area contributed by atoms with Crippen molar-refractivity contribution >= 4 is 11.6 Å². The van der Waals surface area contributed by atoms with E-state index in [9.17, 15) is 4.79 Å². The fraction of sp³-hybridized carbons (Fsp3) is 0.308. The van der Waals surface area contributed by atoms with Crippen molar-refractivity contribution in [3.05, 3.63) is 36.5 Å². The third kappa shape index (κ3) is 3.62. The number of nitrogens with zero attached hydrogens (tertiary/aromatic N) is 3. The van der Waals surface area contributed by atoms with E-state index in [4.69, 9.17) is 10.5 Å². The fourth-order valence-corrected chi connectivity index (χ4v) is 1.67. The monoisotopic (exact) mass is 275 g/mol. The summed E-state index contributed by atoms with van der Waals surface area (Å²) in [6.07, 6.45) is 5.13. The summed E-state index contributed by atoms with van der Waals surface area (Å²) in [7, 11) is 0. The van der Waals surface area contributed by atoms with Gasteiger partial charge in [-0.1, -0.05) is 0 Å². The number of amides is 1. The highest BCUT2D eigenvalue weighted by atomic mass is 16.5. The quantitative estimate of drug-likeness (QED) is 0.748. The molecule has 2 rings (SSSR count). The van der Waals surface area contributed by atoms with Gasteiger partial charge in [0, 0.05) is 18.9 Å². The van der Waals surface area contributed by atoms with Gasteiger partial charge in [0.15, 0.2) is 0 Å². The molecule has 0 saturated carbocycles. The van der Waals surface area contributed by atoms with Gasteiger partial charge in [0.1, 0.15) is 18.2 Å². The van der Waals surface area contributed by atoms with E-state index < -0.39 is 0 Å². The van der Waals surface area contributed by atoms with E-state index in [-0.39, 0.29) is 12.5 Å². The van der Waals surface area contributed by atoms with E-state index >= 15 is 0 Å².